The van der Waals surface area contributed by atoms with Gasteiger partial charge in [-0.1, -0.05) is 47.5 Å². The lowest BCUT2D eigenvalue weighted by Crippen LogP contribution is -2.18. The molecule has 0 bridgehead atoms. The lowest BCUT2D eigenvalue weighted by Gasteiger charge is -2.16. The summed E-state index contributed by atoms with van der Waals surface area (Å²) in [4.78, 5) is 0.314. The van der Waals surface area contributed by atoms with Crippen molar-refractivity contribution in [3.8, 4) is 11.5 Å². The molecule has 8 heteroatoms. The number of methoxy groups -OCH3 is 1. The fraction of sp³-hybridized carbons (Fsp3) is 0.250. The van der Waals surface area contributed by atoms with Crippen LogP contribution in [0.4, 0.5) is 0 Å². The van der Waals surface area contributed by atoms with Crippen LogP contribution in [0.1, 0.15) is 29.7 Å². The van der Waals surface area contributed by atoms with E-state index >= 15 is 0 Å². The zero-order valence-electron chi connectivity index (χ0n) is 18.1. The number of sulfone groups is 1. The zero-order chi connectivity index (χ0) is 23.3. The van der Waals surface area contributed by atoms with Gasteiger partial charge >= 0.3 is 0 Å². The summed E-state index contributed by atoms with van der Waals surface area (Å²) in [5, 5.41) is 4.57. The Kier molecular flexibility index (Phi) is 8.06. The van der Waals surface area contributed by atoms with E-state index in [-0.39, 0.29) is 6.04 Å². The third kappa shape index (κ3) is 6.39. The van der Waals surface area contributed by atoms with Crippen LogP contribution < -0.4 is 14.8 Å². The normalized spacial score (nSPS) is 12.4. The average Bonchev–Trinajstić information content (AvgIpc) is 2.76. The van der Waals surface area contributed by atoms with Crippen LogP contribution in [0.5, 0.6) is 11.5 Å². The standard InChI is InChI=1S/C24H25Cl2NO4S/c1-16(18-6-9-21(10-7-18)32(3,28)29)27-14-17-4-11-23(24(12-17)30-2)31-15-19-5-8-20(25)13-22(19)26/h4-13,16,27H,14-15H2,1-3H3. The molecule has 0 amide bonds. The highest BCUT2D eigenvalue weighted by Crippen LogP contribution is 2.30. The molecule has 0 radical (unpaired) electrons. The Hall–Kier alpha value is -2.25. The summed E-state index contributed by atoms with van der Waals surface area (Å²) >= 11 is 12.2. The third-order valence-corrected chi connectivity index (χ3v) is 6.76. The molecule has 0 fully saturated rings. The van der Waals surface area contributed by atoms with Gasteiger partial charge in [0.2, 0.25) is 0 Å². The van der Waals surface area contributed by atoms with Gasteiger partial charge in [0.15, 0.2) is 21.3 Å². The van der Waals surface area contributed by atoms with Crippen molar-refractivity contribution in [2.75, 3.05) is 13.4 Å². The number of benzene rings is 3. The number of hydrogen-bond acceptors (Lipinski definition) is 5. The number of halogens is 2. The summed E-state index contributed by atoms with van der Waals surface area (Å²) in [5.41, 5.74) is 2.86. The van der Waals surface area contributed by atoms with Gasteiger partial charge in [-0.15, -0.1) is 0 Å². The van der Waals surface area contributed by atoms with Gasteiger partial charge in [0.05, 0.1) is 12.0 Å². The minimum Gasteiger partial charge on any atom is -0.493 e. The van der Waals surface area contributed by atoms with E-state index < -0.39 is 9.84 Å². The van der Waals surface area contributed by atoms with Gasteiger partial charge in [-0.25, -0.2) is 8.42 Å². The molecule has 1 N–H and O–H groups in total. The van der Waals surface area contributed by atoms with Gasteiger partial charge in [-0.3, -0.25) is 0 Å². The smallest absolute Gasteiger partial charge is 0.175 e. The summed E-state index contributed by atoms with van der Waals surface area (Å²) < 4.78 is 34.6. The molecule has 0 heterocycles. The Labute approximate surface area is 199 Å². The summed E-state index contributed by atoms with van der Waals surface area (Å²) in [5.74, 6) is 1.24. The summed E-state index contributed by atoms with van der Waals surface area (Å²) in [6, 6.07) is 18.0. The van der Waals surface area contributed by atoms with Crippen molar-refractivity contribution >= 4 is 33.0 Å². The maximum atomic E-state index is 11.6. The van der Waals surface area contributed by atoms with Crippen molar-refractivity contribution in [1.29, 1.82) is 0 Å². The molecule has 0 spiro atoms. The molecule has 0 saturated carbocycles. The lowest BCUT2D eigenvalue weighted by molar-refractivity contribution is 0.284. The largest absolute Gasteiger partial charge is 0.493 e. The third-order valence-electron chi connectivity index (χ3n) is 5.05. The predicted octanol–water partition coefficient (Wildman–Crippen LogP) is 5.84. The number of nitrogens with one attached hydrogen (secondary N) is 1. The second-order valence-corrected chi connectivity index (χ2v) is 10.3. The second kappa shape index (κ2) is 10.6. The van der Waals surface area contributed by atoms with E-state index in [2.05, 4.69) is 5.32 Å². The van der Waals surface area contributed by atoms with Crippen molar-refractivity contribution in [3.05, 3.63) is 87.4 Å². The fourth-order valence-electron chi connectivity index (χ4n) is 3.13. The van der Waals surface area contributed by atoms with E-state index in [1.807, 2.05) is 43.3 Å². The van der Waals surface area contributed by atoms with Gasteiger partial charge in [-0.2, -0.15) is 0 Å². The van der Waals surface area contributed by atoms with Crippen LogP contribution in [0.3, 0.4) is 0 Å². The molecule has 3 rings (SSSR count). The SMILES string of the molecule is COc1cc(CNC(C)c2ccc(S(C)(=O)=O)cc2)ccc1OCc1ccc(Cl)cc1Cl. The molecular weight excluding hydrogens is 469 g/mol. The maximum absolute atomic E-state index is 11.6. The van der Waals surface area contributed by atoms with Crippen LogP contribution >= 0.6 is 23.2 Å². The second-order valence-electron chi connectivity index (χ2n) is 7.45. The van der Waals surface area contributed by atoms with Crippen LogP contribution in [0, 0.1) is 0 Å². The Bertz CT molecular complexity index is 1180. The molecule has 3 aromatic rings. The van der Waals surface area contributed by atoms with E-state index in [1.54, 1.807) is 31.4 Å². The van der Waals surface area contributed by atoms with Crippen molar-refractivity contribution < 1.29 is 17.9 Å². The molecule has 32 heavy (non-hydrogen) atoms. The van der Waals surface area contributed by atoms with E-state index in [0.717, 1.165) is 16.7 Å². The Morgan fingerprint density at radius 3 is 2.31 bits per heavy atom. The van der Waals surface area contributed by atoms with E-state index in [0.29, 0.717) is 39.6 Å². The topological polar surface area (TPSA) is 64.6 Å². The molecule has 0 aliphatic carbocycles. The van der Waals surface area contributed by atoms with Gasteiger partial charge in [0, 0.05) is 34.5 Å². The Morgan fingerprint density at radius 2 is 1.69 bits per heavy atom. The van der Waals surface area contributed by atoms with Crippen molar-refractivity contribution in [3.63, 3.8) is 0 Å². The zero-order valence-corrected chi connectivity index (χ0v) is 20.4. The van der Waals surface area contributed by atoms with Crippen molar-refractivity contribution in [1.82, 2.24) is 5.32 Å². The first-order valence-electron chi connectivity index (χ1n) is 9.94. The lowest BCUT2D eigenvalue weighted by atomic mass is 10.1. The monoisotopic (exact) mass is 493 g/mol. The van der Waals surface area contributed by atoms with Gasteiger partial charge in [0.25, 0.3) is 0 Å². The molecule has 170 valence electrons. The number of hydrogen-bond donors (Lipinski definition) is 1. The van der Waals surface area contributed by atoms with Crippen LogP contribution in [-0.4, -0.2) is 21.8 Å². The molecule has 0 saturated heterocycles. The first-order valence-corrected chi connectivity index (χ1v) is 12.6. The number of ether oxygens (including phenoxy) is 2. The molecule has 0 aliphatic heterocycles. The summed E-state index contributed by atoms with van der Waals surface area (Å²) in [6.45, 7) is 2.93. The number of rotatable bonds is 9. The molecule has 0 aliphatic rings. The maximum Gasteiger partial charge on any atom is 0.175 e. The highest BCUT2D eigenvalue weighted by atomic mass is 35.5. The van der Waals surface area contributed by atoms with Crippen LogP contribution in [0.15, 0.2) is 65.6 Å². The first kappa shape index (κ1) is 24.4. The highest BCUT2D eigenvalue weighted by Gasteiger charge is 2.11. The average molecular weight is 494 g/mol. The fourth-order valence-corrected chi connectivity index (χ4v) is 4.22. The summed E-state index contributed by atoms with van der Waals surface area (Å²) in [7, 11) is -1.60. The van der Waals surface area contributed by atoms with Crippen LogP contribution in [0.2, 0.25) is 10.0 Å². The summed E-state index contributed by atoms with van der Waals surface area (Å²) in [6.07, 6.45) is 1.20. The van der Waals surface area contributed by atoms with Gasteiger partial charge in [-0.05, 0) is 54.4 Å². The molecule has 0 aromatic heterocycles. The predicted molar refractivity (Wildman–Crippen MR) is 129 cm³/mol. The van der Waals surface area contributed by atoms with Crippen molar-refractivity contribution in [2.24, 2.45) is 0 Å². The van der Waals surface area contributed by atoms with Gasteiger partial charge < -0.3 is 14.8 Å². The first-order chi connectivity index (χ1) is 15.2. The van der Waals surface area contributed by atoms with E-state index in [1.165, 1.54) is 6.26 Å². The quantitative estimate of drug-likeness (QED) is 0.405. The Balaban J connectivity index is 1.62. The van der Waals surface area contributed by atoms with Crippen molar-refractivity contribution in [2.45, 2.75) is 31.0 Å². The molecular formula is C24H25Cl2NO4S. The highest BCUT2D eigenvalue weighted by molar-refractivity contribution is 7.90. The molecule has 1 atom stereocenters. The van der Waals surface area contributed by atoms with Gasteiger partial charge in [0.1, 0.15) is 6.61 Å². The van der Waals surface area contributed by atoms with Crippen LogP contribution in [-0.2, 0) is 23.0 Å². The van der Waals surface area contributed by atoms with E-state index in [9.17, 15) is 8.42 Å². The van der Waals surface area contributed by atoms with E-state index in [4.69, 9.17) is 32.7 Å². The Morgan fingerprint density at radius 1 is 0.969 bits per heavy atom. The molecule has 3 aromatic carbocycles. The minimum absolute atomic E-state index is 0.0394. The molecule has 5 nitrogen and oxygen atoms in total. The minimum atomic E-state index is -3.20. The van der Waals surface area contributed by atoms with Crippen LogP contribution in [0.25, 0.3) is 0 Å². The molecule has 1 unspecified atom stereocenters.